The van der Waals surface area contributed by atoms with Crippen LogP contribution in [0.1, 0.15) is 62.1 Å². The van der Waals surface area contributed by atoms with Crippen molar-refractivity contribution in [1.29, 1.82) is 0 Å². The van der Waals surface area contributed by atoms with Crippen LogP contribution in [-0.4, -0.2) is 50.3 Å². The number of halogens is 1. The molecule has 3 aromatic rings. The van der Waals surface area contributed by atoms with Crippen LogP contribution in [0.5, 0.6) is 0 Å². The van der Waals surface area contributed by atoms with Crippen molar-refractivity contribution >= 4 is 39.1 Å². The summed E-state index contributed by atoms with van der Waals surface area (Å²) >= 11 is 6.21. The molecule has 1 N–H and O–H groups in total. The van der Waals surface area contributed by atoms with E-state index in [0.717, 1.165) is 41.1 Å². The van der Waals surface area contributed by atoms with E-state index >= 15 is 0 Å². The molecule has 4 rings (SSSR count). The average Bonchev–Trinajstić information content (AvgIpc) is 2.99. The maximum atomic E-state index is 14.3. The number of sulfonamides is 1. The monoisotopic (exact) mass is 623 g/mol. The highest BCUT2D eigenvalue weighted by molar-refractivity contribution is 7.92. The zero-order valence-electron chi connectivity index (χ0n) is 25.3. The summed E-state index contributed by atoms with van der Waals surface area (Å²) in [6, 6.07) is 20.6. The Morgan fingerprint density at radius 2 is 1.63 bits per heavy atom. The van der Waals surface area contributed by atoms with Gasteiger partial charge in [-0.15, -0.1) is 0 Å². The number of hydrogen-bond donors (Lipinski definition) is 1. The molecule has 1 aliphatic rings. The second-order valence-corrected chi connectivity index (χ2v) is 13.6. The first-order valence-electron chi connectivity index (χ1n) is 15.1. The van der Waals surface area contributed by atoms with Gasteiger partial charge < -0.3 is 10.2 Å². The number of nitrogens with one attached hydrogen (secondary N) is 1. The molecule has 1 fully saturated rings. The molecule has 0 bridgehead atoms. The first-order valence-corrected chi connectivity index (χ1v) is 16.9. The van der Waals surface area contributed by atoms with E-state index in [0.29, 0.717) is 29.1 Å². The van der Waals surface area contributed by atoms with Gasteiger partial charge in [0, 0.05) is 17.6 Å². The lowest BCUT2D eigenvalue weighted by Crippen LogP contribution is -2.54. The average molecular weight is 624 g/mol. The van der Waals surface area contributed by atoms with Crippen LogP contribution < -0.4 is 9.62 Å². The Morgan fingerprint density at radius 1 is 0.953 bits per heavy atom. The molecule has 0 aromatic heterocycles. The molecule has 1 atom stereocenters. The lowest BCUT2D eigenvalue weighted by atomic mass is 9.95. The largest absolute Gasteiger partial charge is 0.352 e. The van der Waals surface area contributed by atoms with Crippen LogP contribution in [-0.2, 0) is 26.0 Å². The minimum absolute atomic E-state index is 0.0816. The van der Waals surface area contributed by atoms with Crippen molar-refractivity contribution in [3.63, 3.8) is 0 Å². The number of hydrogen-bond acceptors (Lipinski definition) is 4. The van der Waals surface area contributed by atoms with Crippen LogP contribution >= 0.6 is 11.6 Å². The van der Waals surface area contributed by atoms with Crippen LogP contribution in [0.2, 0.25) is 5.02 Å². The number of carbonyl (C=O) groups excluding carboxylic acids is 2. The fourth-order valence-electron chi connectivity index (χ4n) is 5.69. The number of rotatable bonds is 12. The molecule has 0 radical (unpaired) electrons. The van der Waals surface area contributed by atoms with Gasteiger partial charge in [-0.3, -0.25) is 13.9 Å². The summed E-state index contributed by atoms with van der Waals surface area (Å²) in [6.07, 6.45) is 6.11. The van der Waals surface area contributed by atoms with E-state index in [1.54, 1.807) is 54.3 Å². The predicted molar refractivity (Wildman–Crippen MR) is 173 cm³/mol. The van der Waals surface area contributed by atoms with Gasteiger partial charge >= 0.3 is 0 Å². The molecule has 0 saturated heterocycles. The Labute approximate surface area is 261 Å². The van der Waals surface area contributed by atoms with Crippen LogP contribution in [0.25, 0.3) is 0 Å². The number of anilines is 1. The fourth-order valence-corrected chi connectivity index (χ4v) is 7.40. The highest BCUT2D eigenvalue weighted by Crippen LogP contribution is 2.29. The smallest absolute Gasteiger partial charge is 0.264 e. The summed E-state index contributed by atoms with van der Waals surface area (Å²) in [5.74, 6) is -0.627. The summed E-state index contributed by atoms with van der Waals surface area (Å²) in [4.78, 5) is 29.6. The molecule has 0 heterocycles. The number of amides is 2. The molecule has 2 amide bonds. The second kappa shape index (κ2) is 14.9. The summed E-state index contributed by atoms with van der Waals surface area (Å²) in [5.41, 5.74) is 2.93. The molecule has 1 aliphatic carbocycles. The second-order valence-electron chi connectivity index (χ2n) is 11.3. The van der Waals surface area contributed by atoms with E-state index in [9.17, 15) is 18.0 Å². The Hall–Kier alpha value is -3.36. The first-order chi connectivity index (χ1) is 20.6. The van der Waals surface area contributed by atoms with Crippen LogP contribution in [0.3, 0.4) is 0 Å². The molecule has 230 valence electrons. The quantitative estimate of drug-likeness (QED) is 0.251. The van der Waals surface area contributed by atoms with Crippen LogP contribution in [0.4, 0.5) is 5.69 Å². The van der Waals surface area contributed by atoms with Crippen molar-refractivity contribution in [3.8, 4) is 0 Å². The molecule has 1 saturated carbocycles. The van der Waals surface area contributed by atoms with E-state index < -0.39 is 28.5 Å². The lowest BCUT2D eigenvalue weighted by Gasteiger charge is -2.34. The standard InChI is InChI=1S/C34H42ClN3O4S/c1-4-31(34(40)36-29-13-9-6-10-14-29)37(22-21-27-11-7-5-8-12-27)33(39)24-38(32-20-17-28(35)23-26(32)3)43(41,42)30-18-15-25(2)16-19-30/h5,7-8,11-12,15-20,23,29,31H,4,6,9-10,13-14,21-22,24H2,1-3H3,(H,36,40). The van der Waals surface area contributed by atoms with Crippen molar-refractivity contribution < 1.29 is 18.0 Å². The van der Waals surface area contributed by atoms with Crippen LogP contribution in [0.15, 0.2) is 77.7 Å². The van der Waals surface area contributed by atoms with Crippen LogP contribution in [0, 0.1) is 13.8 Å². The van der Waals surface area contributed by atoms with Crippen molar-refractivity contribution in [2.75, 3.05) is 17.4 Å². The SMILES string of the molecule is CCC(C(=O)NC1CCCCC1)N(CCc1ccccc1)C(=O)CN(c1ccc(Cl)cc1C)S(=O)(=O)c1ccc(C)cc1. The van der Waals surface area contributed by atoms with E-state index in [-0.39, 0.29) is 23.4 Å². The molecule has 1 unspecified atom stereocenters. The number of carbonyl (C=O) groups is 2. The lowest BCUT2D eigenvalue weighted by molar-refractivity contribution is -0.140. The summed E-state index contributed by atoms with van der Waals surface area (Å²) in [6.45, 7) is 5.36. The predicted octanol–water partition coefficient (Wildman–Crippen LogP) is 6.45. The van der Waals surface area contributed by atoms with Gasteiger partial charge in [0.15, 0.2) is 0 Å². The van der Waals surface area contributed by atoms with E-state index in [2.05, 4.69) is 5.32 Å². The van der Waals surface area contributed by atoms with Crippen molar-refractivity contribution in [2.45, 2.75) is 82.7 Å². The summed E-state index contributed by atoms with van der Waals surface area (Å²) in [5, 5.41) is 3.65. The van der Waals surface area contributed by atoms with Crippen molar-refractivity contribution in [1.82, 2.24) is 10.2 Å². The van der Waals surface area contributed by atoms with Gasteiger partial charge in [0.2, 0.25) is 11.8 Å². The summed E-state index contributed by atoms with van der Waals surface area (Å²) < 4.78 is 29.3. The van der Waals surface area contributed by atoms with Crippen molar-refractivity contribution in [2.24, 2.45) is 0 Å². The highest BCUT2D eigenvalue weighted by atomic mass is 35.5. The molecule has 7 nitrogen and oxygen atoms in total. The molecule has 3 aromatic carbocycles. The minimum atomic E-state index is -4.14. The van der Waals surface area contributed by atoms with Gasteiger partial charge in [-0.05, 0) is 81.0 Å². The van der Waals surface area contributed by atoms with E-state index in [1.165, 1.54) is 6.42 Å². The molecule has 0 aliphatic heterocycles. The van der Waals surface area contributed by atoms with Crippen molar-refractivity contribution in [3.05, 3.63) is 94.5 Å². The maximum absolute atomic E-state index is 14.3. The Balaban J connectivity index is 1.69. The highest BCUT2D eigenvalue weighted by Gasteiger charge is 2.34. The summed E-state index contributed by atoms with van der Waals surface area (Å²) in [7, 11) is -4.14. The van der Waals surface area contributed by atoms with Gasteiger partial charge in [0.1, 0.15) is 12.6 Å². The van der Waals surface area contributed by atoms with Gasteiger partial charge in [0.05, 0.1) is 10.6 Å². The number of nitrogens with zero attached hydrogens (tertiary/aromatic N) is 2. The van der Waals surface area contributed by atoms with Gasteiger partial charge in [-0.25, -0.2) is 8.42 Å². The van der Waals surface area contributed by atoms with Gasteiger partial charge in [-0.2, -0.15) is 0 Å². The Morgan fingerprint density at radius 3 is 2.26 bits per heavy atom. The molecular weight excluding hydrogens is 582 g/mol. The first kappa shape index (κ1) is 32.6. The minimum Gasteiger partial charge on any atom is -0.352 e. The molecule has 0 spiro atoms. The third kappa shape index (κ3) is 8.39. The molecule has 9 heteroatoms. The van der Waals surface area contributed by atoms with Gasteiger partial charge in [0.25, 0.3) is 10.0 Å². The normalized spacial score (nSPS) is 14.6. The Kier molecular flexibility index (Phi) is 11.3. The Bertz CT molecular complexity index is 1490. The van der Waals surface area contributed by atoms with Gasteiger partial charge in [-0.1, -0.05) is 85.8 Å². The van der Waals surface area contributed by atoms with E-state index in [1.807, 2.05) is 44.2 Å². The van der Waals surface area contributed by atoms with E-state index in [4.69, 9.17) is 11.6 Å². The number of aryl methyl sites for hydroxylation is 2. The number of benzene rings is 3. The molecule has 43 heavy (non-hydrogen) atoms. The topological polar surface area (TPSA) is 86.8 Å². The fraction of sp³-hybridized carbons (Fsp3) is 0.412. The third-order valence-corrected chi connectivity index (χ3v) is 10.1. The third-order valence-electron chi connectivity index (χ3n) is 8.14. The maximum Gasteiger partial charge on any atom is 0.264 e. The zero-order valence-corrected chi connectivity index (χ0v) is 26.8. The molecular formula is C34H42ClN3O4S. The zero-order chi connectivity index (χ0) is 31.0.